The molecule has 0 radical (unpaired) electrons. The summed E-state index contributed by atoms with van der Waals surface area (Å²) in [5, 5.41) is 2.70. The smallest absolute Gasteiger partial charge is 0.272 e. The van der Waals surface area contributed by atoms with Gasteiger partial charge in [-0.05, 0) is 25.1 Å². The number of nitrogens with one attached hydrogen (secondary N) is 2. The predicted molar refractivity (Wildman–Crippen MR) is 104 cm³/mol. The largest absolute Gasteiger partial charge is 0.379 e. The molecule has 0 saturated carbocycles. The zero-order chi connectivity index (χ0) is 20.4. The van der Waals surface area contributed by atoms with Crippen molar-refractivity contribution in [2.75, 3.05) is 31.6 Å². The number of sulfonamides is 1. The molecule has 1 aliphatic rings. The Labute approximate surface area is 167 Å². The number of morpholine rings is 1. The topological polar surface area (TPSA) is 122 Å². The van der Waals surface area contributed by atoms with Gasteiger partial charge >= 0.3 is 0 Å². The minimum atomic E-state index is -3.66. The van der Waals surface area contributed by atoms with Crippen LogP contribution in [0.5, 0.6) is 0 Å². The third-order valence-corrected chi connectivity index (χ3v) is 6.46. The van der Waals surface area contributed by atoms with Gasteiger partial charge in [0, 0.05) is 31.7 Å². The third kappa shape index (κ3) is 3.92. The van der Waals surface area contributed by atoms with Crippen molar-refractivity contribution in [1.29, 1.82) is 0 Å². The number of imidazole rings is 1. The van der Waals surface area contributed by atoms with Crippen LogP contribution in [0.1, 0.15) is 16.3 Å². The van der Waals surface area contributed by atoms with Gasteiger partial charge in [0.2, 0.25) is 10.0 Å². The number of pyridine rings is 1. The second-order valence-corrected chi connectivity index (χ2v) is 8.41. The fourth-order valence-corrected chi connectivity index (χ4v) is 4.41. The first-order chi connectivity index (χ1) is 13.9. The molecule has 0 atom stereocenters. The van der Waals surface area contributed by atoms with Crippen molar-refractivity contribution < 1.29 is 17.9 Å². The molecule has 1 amide bonds. The number of anilines is 1. The molecule has 0 unspecified atom stereocenters. The van der Waals surface area contributed by atoms with E-state index in [9.17, 15) is 13.2 Å². The molecular formula is C18H20N6O4S. The van der Waals surface area contributed by atoms with E-state index < -0.39 is 15.9 Å². The van der Waals surface area contributed by atoms with Gasteiger partial charge in [-0.1, -0.05) is 0 Å². The monoisotopic (exact) mass is 416 g/mol. The Morgan fingerprint density at radius 3 is 2.69 bits per heavy atom. The second kappa shape index (κ2) is 7.78. The van der Waals surface area contributed by atoms with E-state index in [2.05, 4.69) is 20.3 Å². The Balaban J connectivity index is 1.46. The molecular weight excluding hydrogens is 396 g/mol. The Morgan fingerprint density at radius 1 is 1.24 bits per heavy atom. The van der Waals surface area contributed by atoms with Crippen molar-refractivity contribution in [1.82, 2.24) is 23.8 Å². The molecule has 4 heterocycles. The second-order valence-electron chi connectivity index (χ2n) is 6.47. The third-order valence-electron chi connectivity index (χ3n) is 4.59. The van der Waals surface area contributed by atoms with Gasteiger partial charge in [0.05, 0.1) is 25.1 Å². The number of rotatable bonds is 5. The van der Waals surface area contributed by atoms with E-state index >= 15 is 0 Å². The lowest BCUT2D eigenvalue weighted by Gasteiger charge is -2.25. The number of carbonyl (C=O) groups is 1. The minimum absolute atomic E-state index is 0.0496. The number of aromatic amines is 1. The van der Waals surface area contributed by atoms with Gasteiger partial charge in [-0.2, -0.15) is 4.31 Å². The van der Waals surface area contributed by atoms with Crippen molar-refractivity contribution in [2.45, 2.75) is 11.8 Å². The molecule has 1 fully saturated rings. The summed E-state index contributed by atoms with van der Waals surface area (Å²) in [7, 11) is -3.66. The normalized spacial score (nSPS) is 15.3. The molecule has 152 valence electrons. The zero-order valence-corrected chi connectivity index (χ0v) is 16.5. The molecule has 3 aromatic heterocycles. The van der Waals surface area contributed by atoms with Crippen LogP contribution >= 0.6 is 0 Å². The van der Waals surface area contributed by atoms with Crippen molar-refractivity contribution in [2.24, 2.45) is 0 Å². The molecule has 1 aliphatic heterocycles. The predicted octanol–water partition coefficient (Wildman–Crippen LogP) is 1.18. The zero-order valence-electron chi connectivity index (χ0n) is 15.7. The number of carbonyl (C=O) groups excluding carboxylic acids is 1. The van der Waals surface area contributed by atoms with E-state index in [0.717, 1.165) is 5.82 Å². The summed E-state index contributed by atoms with van der Waals surface area (Å²) >= 11 is 0. The highest BCUT2D eigenvalue weighted by atomic mass is 32.2. The summed E-state index contributed by atoms with van der Waals surface area (Å²) in [6.07, 6.45) is 6.33. The standard InChI is InChI=1S/C18H20N6O4S/c1-13-19-4-5-24(13)17-3-2-14(11-21-17)22-18(25)16-10-15(12-20-16)29(26,27)23-6-8-28-9-7-23/h2-5,10-12,20H,6-9H2,1H3,(H,22,25). The maximum Gasteiger partial charge on any atom is 0.272 e. The van der Waals surface area contributed by atoms with Crippen LogP contribution in [-0.4, -0.2) is 64.5 Å². The average molecular weight is 416 g/mol. The fraction of sp³-hybridized carbons (Fsp3) is 0.278. The fourth-order valence-electron chi connectivity index (χ4n) is 3.01. The van der Waals surface area contributed by atoms with E-state index in [4.69, 9.17) is 4.74 Å². The number of aromatic nitrogens is 4. The first-order valence-electron chi connectivity index (χ1n) is 8.99. The van der Waals surface area contributed by atoms with E-state index in [1.54, 1.807) is 24.5 Å². The lowest BCUT2D eigenvalue weighted by atomic mass is 10.3. The maximum atomic E-state index is 12.7. The molecule has 0 aliphatic carbocycles. The quantitative estimate of drug-likeness (QED) is 0.644. The lowest BCUT2D eigenvalue weighted by molar-refractivity contribution is 0.0730. The molecule has 3 aromatic rings. The highest BCUT2D eigenvalue weighted by Gasteiger charge is 2.28. The molecule has 0 bridgehead atoms. The van der Waals surface area contributed by atoms with E-state index in [1.165, 1.54) is 22.8 Å². The molecule has 11 heteroatoms. The Kier molecular flexibility index (Phi) is 5.18. The number of amides is 1. The summed E-state index contributed by atoms with van der Waals surface area (Å²) in [5.41, 5.74) is 0.634. The van der Waals surface area contributed by atoms with Crippen LogP contribution < -0.4 is 5.32 Å². The number of ether oxygens (including phenoxy) is 1. The van der Waals surface area contributed by atoms with Crippen LogP contribution in [0.3, 0.4) is 0 Å². The van der Waals surface area contributed by atoms with Gasteiger partial charge in [-0.25, -0.2) is 18.4 Å². The van der Waals surface area contributed by atoms with E-state index in [0.29, 0.717) is 37.8 Å². The molecule has 2 N–H and O–H groups in total. The molecule has 1 saturated heterocycles. The van der Waals surface area contributed by atoms with Gasteiger partial charge in [0.15, 0.2) is 0 Å². The first kappa shape index (κ1) is 19.3. The Hall–Kier alpha value is -3.02. The van der Waals surface area contributed by atoms with Crippen molar-refractivity contribution in [3.05, 3.63) is 54.5 Å². The van der Waals surface area contributed by atoms with E-state index in [1.807, 2.05) is 11.5 Å². The highest BCUT2D eigenvalue weighted by Crippen LogP contribution is 2.19. The molecule has 10 nitrogen and oxygen atoms in total. The van der Waals surface area contributed by atoms with Crippen molar-refractivity contribution in [3.63, 3.8) is 0 Å². The number of hydrogen-bond donors (Lipinski definition) is 2. The van der Waals surface area contributed by atoms with Crippen LogP contribution in [-0.2, 0) is 14.8 Å². The number of nitrogens with zero attached hydrogens (tertiary/aromatic N) is 4. The first-order valence-corrected chi connectivity index (χ1v) is 10.4. The lowest BCUT2D eigenvalue weighted by Crippen LogP contribution is -2.40. The van der Waals surface area contributed by atoms with Crippen LogP contribution in [0, 0.1) is 6.92 Å². The molecule has 0 spiro atoms. The number of aryl methyl sites for hydroxylation is 1. The van der Waals surface area contributed by atoms with Gasteiger partial charge in [0.25, 0.3) is 5.91 Å². The summed E-state index contributed by atoms with van der Waals surface area (Å²) in [4.78, 5) is 23.7. The number of H-pyrrole nitrogens is 1. The van der Waals surface area contributed by atoms with Crippen LogP contribution in [0.25, 0.3) is 5.82 Å². The SMILES string of the molecule is Cc1nccn1-c1ccc(NC(=O)c2cc(S(=O)(=O)N3CCOCC3)c[nH]2)cn1. The summed E-state index contributed by atoms with van der Waals surface area (Å²) in [6.45, 7) is 3.18. The van der Waals surface area contributed by atoms with Crippen LogP contribution in [0.2, 0.25) is 0 Å². The van der Waals surface area contributed by atoms with Crippen molar-refractivity contribution >= 4 is 21.6 Å². The summed E-state index contributed by atoms with van der Waals surface area (Å²) < 4.78 is 33.7. The average Bonchev–Trinajstić information content (AvgIpc) is 3.39. The molecule has 29 heavy (non-hydrogen) atoms. The van der Waals surface area contributed by atoms with Gasteiger partial charge < -0.3 is 15.0 Å². The molecule has 4 rings (SSSR count). The Morgan fingerprint density at radius 2 is 2.03 bits per heavy atom. The Bertz CT molecular complexity index is 1110. The van der Waals surface area contributed by atoms with Gasteiger partial charge in [-0.3, -0.25) is 9.36 Å². The maximum absolute atomic E-state index is 12.7. The highest BCUT2D eigenvalue weighted by molar-refractivity contribution is 7.89. The van der Waals surface area contributed by atoms with E-state index in [-0.39, 0.29) is 10.6 Å². The van der Waals surface area contributed by atoms with Crippen LogP contribution in [0.15, 0.2) is 47.9 Å². The molecule has 0 aromatic carbocycles. The summed E-state index contributed by atoms with van der Waals surface area (Å²) in [5.74, 6) is 1.02. The minimum Gasteiger partial charge on any atom is -0.379 e. The van der Waals surface area contributed by atoms with Crippen molar-refractivity contribution in [3.8, 4) is 5.82 Å². The van der Waals surface area contributed by atoms with Gasteiger partial charge in [-0.15, -0.1) is 0 Å². The van der Waals surface area contributed by atoms with Crippen LogP contribution in [0.4, 0.5) is 5.69 Å². The number of hydrogen-bond acceptors (Lipinski definition) is 6. The van der Waals surface area contributed by atoms with Gasteiger partial charge in [0.1, 0.15) is 22.2 Å². The summed E-state index contributed by atoms with van der Waals surface area (Å²) in [6, 6.07) is 4.80.